The minimum atomic E-state index is -0.134. The molecule has 1 aliphatic rings. The van der Waals surface area contributed by atoms with Crippen LogP contribution in [0.5, 0.6) is 0 Å². The molecule has 2 aromatic heterocycles. The van der Waals surface area contributed by atoms with Crippen LogP contribution in [0.15, 0.2) is 47.5 Å². The molecule has 0 spiro atoms. The lowest BCUT2D eigenvalue weighted by Crippen LogP contribution is -2.15. The molecule has 0 saturated heterocycles. The van der Waals surface area contributed by atoms with Crippen LogP contribution < -0.4 is 5.32 Å². The number of hydrogen-bond donors (Lipinski definition) is 1. The largest absolute Gasteiger partial charge is 0.324 e. The molecule has 0 aliphatic heterocycles. The highest BCUT2D eigenvalue weighted by atomic mass is 35.5. The predicted molar refractivity (Wildman–Crippen MR) is 121 cm³/mol. The van der Waals surface area contributed by atoms with Crippen LogP contribution in [0.1, 0.15) is 23.3 Å². The second-order valence-electron chi connectivity index (χ2n) is 6.78. The molecule has 5 nitrogen and oxygen atoms in total. The Balaban J connectivity index is 1.51. The lowest BCUT2D eigenvalue weighted by atomic mass is 9.95. The smallest absolute Gasteiger partial charge is 0.234 e. The van der Waals surface area contributed by atoms with Crippen LogP contribution >= 0.6 is 34.7 Å². The van der Waals surface area contributed by atoms with Crippen molar-refractivity contribution in [3.05, 3.63) is 57.8 Å². The maximum Gasteiger partial charge on any atom is 0.234 e. The van der Waals surface area contributed by atoms with Crippen LogP contribution in [0.4, 0.5) is 5.69 Å². The molecule has 3 aromatic rings. The molecule has 2 heterocycles. The molecule has 0 bridgehead atoms. The van der Waals surface area contributed by atoms with Crippen LogP contribution in [-0.2, 0) is 24.2 Å². The summed E-state index contributed by atoms with van der Waals surface area (Å²) in [6.07, 6.45) is 6.56. The number of amides is 1. The number of thiophene rings is 1. The van der Waals surface area contributed by atoms with Crippen LogP contribution in [0.2, 0.25) is 5.02 Å². The fourth-order valence-electron chi connectivity index (χ4n) is 3.45. The van der Waals surface area contributed by atoms with E-state index in [-0.39, 0.29) is 11.7 Å². The molecule has 0 saturated carbocycles. The van der Waals surface area contributed by atoms with Crippen LogP contribution in [0.25, 0.3) is 11.4 Å². The molecule has 4 rings (SSSR count). The van der Waals surface area contributed by atoms with E-state index in [9.17, 15) is 4.79 Å². The van der Waals surface area contributed by atoms with Crippen molar-refractivity contribution in [2.75, 3.05) is 11.1 Å². The molecular weight excluding hydrogens is 424 g/mol. The number of thioether (sulfide) groups is 1. The van der Waals surface area contributed by atoms with Gasteiger partial charge in [-0.05, 0) is 43.4 Å². The maximum atomic E-state index is 12.4. The first-order valence-electron chi connectivity index (χ1n) is 9.48. The summed E-state index contributed by atoms with van der Waals surface area (Å²) in [6, 6.07) is 7.19. The third-order valence-electron chi connectivity index (χ3n) is 4.81. The Hall–Kier alpha value is -2.09. The number of anilines is 1. The second-order valence-corrected chi connectivity index (χ2v) is 9.09. The van der Waals surface area contributed by atoms with Gasteiger partial charge in [-0.3, -0.25) is 9.36 Å². The summed E-state index contributed by atoms with van der Waals surface area (Å²) in [7, 11) is 0. The number of allylic oxidation sites excluding steroid dienone is 1. The van der Waals surface area contributed by atoms with Crippen molar-refractivity contribution >= 4 is 46.3 Å². The van der Waals surface area contributed by atoms with E-state index in [1.807, 2.05) is 34.1 Å². The Kier molecular flexibility index (Phi) is 6.37. The average Bonchev–Trinajstić information content (AvgIpc) is 3.32. The van der Waals surface area contributed by atoms with Gasteiger partial charge in [-0.2, -0.15) is 0 Å². The van der Waals surface area contributed by atoms with Gasteiger partial charge in [-0.1, -0.05) is 41.6 Å². The number of aryl methyl sites for hydroxylation is 1. The number of benzene rings is 1. The lowest BCUT2D eigenvalue weighted by Gasteiger charge is -2.13. The molecule has 8 heteroatoms. The number of aromatic nitrogens is 3. The Morgan fingerprint density at radius 2 is 2.14 bits per heavy atom. The van der Waals surface area contributed by atoms with Gasteiger partial charge < -0.3 is 5.32 Å². The van der Waals surface area contributed by atoms with Crippen LogP contribution in [0, 0.1) is 0 Å². The average molecular weight is 445 g/mol. The summed E-state index contributed by atoms with van der Waals surface area (Å²) in [4.78, 5) is 13.8. The van der Waals surface area contributed by atoms with Crippen molar-refractivity contribution in [2.45, 2.75) is 37.4 Å². The molecular formula is C21H21ClN4OS2. The highest BCUT2D eigenvalue weighted by molar-refractivity contribution is 7.99. The summed E-state index contributed by atoms with van der Waals surface area (Å²) < 4.78 is 2.04. The van der Waals surface area contributed by atoms with Gasteiger partial charge in [0.25, 0.3) is 0 Å². The first kappa shape index (κ1) is 20.2. The SMILES string of the molecule is C=CCn1c(SCC(=O)Nc2ccccc2Cl)nnc1-c1csc2c1CCCC2. The summed E-state index contributed by atoms with van der Waals surface area (Å²) >= 11 is 9.29. The summed E-state index contributed by atoms with van der Waals surface area (Å²) in [6.45, 7) is 4.47. The van der Waals surface area contributed by atoms with E-state index < -0.39 is 0 Å². The van der Waals surface area contributed by atoms with Crippen molar-refractivity contribution < 1.29 is 4.79 Å². The van der Waals surface area contributed by atoms with Crippen LogP contribution in [-0.4, -0.2) is 26.4 Å². The molecule has 0 unspecified atom stereocenters. The minimum absolute atomic E-state index is 0.134. The third-order valence-corrected chi connectivity index (χ3v) is 7.20. The van der Waals surface area contributed by atoms with Crippen molar-refractivity contribution in [2.24, 2.45) is 0 Å². The fraction of sp³-hybridized carbons (Fsp3) is 0.286. The third kappa shape index (κ3) is 4.42. The van der Waals surface area contributed by atoms with Crippen molar-refractivity contribution in [1.29, 1.82) is 0 Å². The zero-order valence-electron chi connectivity index (χ0n) is 15.9. The number of nitrogens with one attached hydrogen (secondary N) is 1. The fourth-order valence-corrected chi connectivity index (χ4v) is 5.50. The van der Waals surface area contributed by atoms with E-state index in [1.165, 1.54) is 40.6 Å². The van der Waals surface area contributed by atoms with Gasteiger partial charge in [-0.25, -0.2) is 0 Å². The van der Waals surface area contributed by atoms with Gasteiger partial charge in [0, 0.05) is 22.4 Å². The monoisotopic (exact) mass is 444 g/mol. The van der Waals surface area contributed by atoms with E-state index in [0.717, 1.165) is 18.7 Å². The normalized spacial score (nSPS) is 13.1. The summed E-state index contributed by atoms with van der Waals surface area (Å²) in [5.74, 6) is 0.950. The molecule has 0 radical (unpaired) electrons. The van der Waals surface area contributed by atoms with Gasteiger partial charge in [0.2, 0.25) is 5.91 Å². The summed E-state index contributed by atoms with van der Waals surface area (Å²) in [5.41, 5.74) is 3.19. The minimum Gasteiger partial charge on any atom is -0.324 e. The number of nitrogens with zero attached hydrogens (tertiary/aromatic N) is 3. The standard InChI is InChI=1S/C21H21ClN4OS2/c1-2-11-26-20(15-12-28-18-10-6-3-7-14(15)18)24-25-21(26)29-13-19(27)23-17-9-5-4-8-16(17)22/h2,4-5,8-9,12H,1,3,6-7,10-11,13H2,(H,23,27). The van der Waals surface area contributed by atoms with E-state index in [1.54, 1.807) is 12.1 Å². The topological polar surface area (TPSA) is 59.8 Å². The highest BCUT2D eigenvalue weighted by Gasteiger charge is 2.22. The van der Waals surface area contributed by atoms with Crippen LogP contribution in [0.3, 0.4) is 0 Å². The maximum absolute atomic E-state index is 12.4. The number of carbonyl (C=O) groups excluding carboxylic acids is 1. The first-order valence-corrected chi connectivity index (χ1v) is 11.7. The first-order chi connectivity index (χ1) is 14.2. The quantitative estimate of drug-likeness (QED) is 0.388. The highest BCUT2D eigenvalue weighted by Crippen LogP contribution is 2.36. The number of fused-ring (bicyclic) bond motifs is 1. The molecule has 1 aromatic carbocycles. The predicted octanol–water partition coefficient (Wildman–Crippen LogP) is 5.46. The van der Waals surface area contributed by atoms with Gasteiger partial charge in [0.15, 0.2) is 11.0 Å². The van der Waals surface area contributed by atoms with Gasteiger partial charge in [0.1, 0.15) is 0 Å². The number of carbonyl (C=O) groups is 1. The molecule has 0 atom stereocenters. The van der Waals surface area contributed by atoms with E-state index in [2.05, 4.69) is 27.5 Å². The Morgan fingerprint density at radius 3 is 2.97 bits per heavy atom. The second kappa shape index (κ2) is 9.15. The number of rotatable bonds is 7. The van der Waals surface area contributed by atoms with Gasteiger partial charge in [-0.15, -0.1) is 28.1 Å². The molecule has 1 amide bonds. The van der Waals surface area contributed by atoms with E-state index >= 15 is 0 Å². The molecule has 0 fully saturated rings. The van der Waals surface area contributed by atoms with Crippen molar-refractivity contribution in [3.63, 3.8) is 0 Å². The van der Waals surface area contributed by atoms with E-state index in [0.29, 0.717) is 22.4 Å². The van der Waals surface area contributed by atoms with E-state index in [4.69, 9.17) is 11.6 Å². The van der Waals surface area contributed by atoms with Gasteiger partial charge >= 0.3 is 0 Å². The molecule has 1 aliphatic carbocycles. The van der Waals surface area contributed by atoms with Crippen molar-refractivity contribution in [1.82, 2.24) is 14.8 Å². The number of para-hydroxylation sites is 1. The van der Waals surface area contributed by atoms with Gasteiger partial charge in [0.05, 0.1) is 16.5 Å². The number of halogens is 1. The Morgan fingerprint density at radius 1 is 1.31 bits per heavy atom. The Labute approximate surface area is 183 Å². The zero-order chi connectivity index (χ0) is 20.2. The molecule has 1 N–H and O–H groups in total. The van der Waals surface area contributed by atoms with Crippen molar-refractivity contribution in [3.8, 4) is 11.4 Å². The lowest BCUT2D eigenvalue weighted by molar-refractivity contribution is -0.113. The molecule has 150 valence electrons. The molecule has 29 heavy (non-hydrogen) atoms. The number of hydrogen-bond acceptors (Lipinski definition) is 5. The zero-order valence-corrected chi connectivity index (χ0v) is 18.2. The Bertz CT molecular complexity index is 1040. The summed E-state index contributed by atoms with van der Waals surface area (Å²) in [5, 5.41) is 15.1.